The summed E-state index contributed by atoms with van der Waals surface area (Å²) in [6.07, 6.45) is 0. The van der Waals surface area contributed by atoms with Gasteiger partial charge < -0.3 is 27.4 Å². The van der Waals surface area contributed by atoms with E-state index >= 15 is 0 Å². The van der Waals surface area contributed by atoms with Crippen molar-refractivity contribution in [3.05, 3.63) is 0 Å². The zero-order valence-corrected chi connectivity index (χ0v) is 12.4. The molecule has 0 saturated carbocycles. The van der Waals surface area contributed by atoms with E-state index in [9.17, 15) is 0 Å². The predicted molar refractivity (Wildman–Crippen MR) is 53.8 cm³/mol. The molecule has 0 rings (SSSR count). The molecule has 0 aliphatic heterocycles. The fraction of sp³-hybridized carbons (Fsp3) is 0. The van der Waals surface area contributed by atoms with Crippen molar-refractivity contribution >= 4 is 52.6 Å². The summed E-state index contributed by atoms with van der Waals surface area (Å²) in [5.41, 5.74) is 0. The van der Waals surface area contributed by atoms with Gasteiger partial charge in [-0.05, 0) is 0 Å². The first-order chi connectivity index (χ1) is 2.00. The molecule has 0 bridgehead atoms. The molecule has 0 fully saturated rings. The standard InChI is InChI=1S/4BrH.5H2O.Ti/h4*1H;5*1H2;/q;;;;;;;;;+4/p-4. The third kappa shape index (κ3) is 157. The Morgan fingerprint density at radius 2 is 0.500 bits per heavy atom. The van der Waals surface area contributed by atoms with Crippen molar-refractivity contribution in [2.45, 2.75) is 0 Å². The Morgan fingerprint density at radius 1 is 0.500 bits per heavy atom. The molecule has 0 aliphatic rings. The minimum absolute atomic E-state index is 0. The average molecular weight is 458 g/mol. The van der Waals surface area contributed by atoms with Gasteiger partial charge in [0.1, 0.15) is 0 Å². The van der Waals surface area contributed by atoms with E-state index in [0.717, 1.165) is 0 Å². The summed E-state index contributed by atoms with van der Waals surface area (Å²) >= 11 is 13.2. The van der Waals surface area contributed by atoms with E-state index in [1.165, 1.54) is 0 Å². The molecular weight excluding hydrogens is 447 g/mol. The van der Waals surface area contributed by atoms with Gasteiger partial charge in [-0.25, -0.2) is 0 Å². The summed E-state index contributed by atoms with van der Waals surface area (Å²) in [6, 6.07) is 0. The Balaban J connectivity index is -0.00000000800. The Kier molecular flexibility index (Phi) is 68.7. The van der Waals surface area contributed by atoms with Gasteiger partial charge in [0.15, 0.2) is 0 Å². The Bertz CT molecular complexity index is 29.1. The summed E-state index contributed by atoms with van der Waals surface area (Å²) < 4.78 is 0. The van der Waals surface area contributed by atoms with Crippen LogP contribution in [0.3, 0.4) is 0 Å². The van der Waals surface area contributed by atoms with Gasteiger partial charge in [-0.2, -0.15) is 0 Å². The molecule has 0 saturated heterocycles. The van der Waals surface area contributed by atoms with Gasteiger partial charge in [-0.15, -0.1) is 0 Å². The number of hydrogen-bond donors (Lipinski definition) is 0. The molecule has 0 aliphatic carbocycles. The van der Waals surface area contributed by atoms with Crippen LogP contribution in [0.1, 0.15) is 0 Å². The molecule has 0 atom stereocenters. The first-order valence-electron chi connectivity index (χ1n) is 0.756. The second kappa shape index (κ2) is 17.5. The molecule has 0 radical (unpaired) electrons. The second-order valence-electron chi connectivity index (χ2n) is 0.429. The SMILES string of the molecule is O.O.O.O.O.[Br][Ti]([Br])([Br])[Br]. The van der Waals surface area contributed by atoms with Crippen LogP contribution in [0.4, 0.5) is 0 Å². The van der Waals surface area contributed by atoms with Crippen LogP contribution in [0.25, 0.3) is 0 Å². The molecule has 0 unspecified atom stereocenters. The monoisotopic (exact) mass is 454 g/mol. The maximum absolute atomic E-state index is 3.31. The van der Waals surface area contributed by atoms with Gasteiger partial charge in [0, 0.05) is 0 Å². The Labute approximate surface area is 87.0 Å². The average Bonchev–Trinajstić information content (AvgIpc) is 0.722. The van der Waals surface area contributed by atoms with Crippen molar-refractivity contribution in [1.82, 2.24) is 0 Å². The van der Waals surface area contributed by atoms with Crippen molar-refractivity contribution < 1.29 is 35.6 Å². The molecule has 0 spiro atoms. The van der Waals surface area contributed by atoms with E-state index in [4.69, 9.17) is 0 Å². The number of rotatable bonds is 0. The van der Waals surface area contributed by atoms with Crippen molar-refractivity contribution in [3.63, 3.8) is 0 Å². The summed E-state index contributed by atoms with van der Waals surface area (Å²) in [5, 5.41) is 0. The fourth-order valence-corrected chi connectivity index (χ4v) is 0. The minimum atomic E-state index is -1.75. The van der Waals surface area contributed by atoms with E-state index in [-0.39, 0.29) is 27.4 Å². The molecule has 10 N–H and O–H groups in total. The van der Waals surface area contributed by atoms with Crippen LogP contribution in [0.2, 0.25) is 0 Å². The van der Waals surface area contributed by atoms with Crippen molar-refractivity contribution in [3.8, 4) is 0 Å². The topological polar surface area (TPSA) is 158 Å². The Morgan fingerprint density at radius 3 is 0.500 bits per heavy atom. The third-order valence-electron chi connectivity index (χ3n) is 0. The quantitative estimate of drug-likeness (QED) is 0.420. The molecule has 0 heterocycles. The molecule has 10 heavy (non-hydrogen) atoms. The van der Waals surface area contributed by atoms with E-state index in [2.05, 4.69) is 52.6 Å². The van der Waals surface area contributed by atoms with E-state index < -0.39 is 8.21 Å². The molecule has 5 nitrogen and oxygen atoms in total. The maximum atomic E-state index is 3.31. The van der Waals surface area contributed by atoms with Crippen LogP contribution >= 0.6 is 52.6 Å². The summed E-state index contributed by atoms with van der Waals surface area (Å²) in [4.78, 5) is 0. The third-order valence-corrected chi connectivity index (χ3v) is 0. The first kappa shape index (κ1) is 39.3. The summed E-state index contributed by atoms with van der Waals surface area (Å²) in [7, 11) is -1.75. The molecule has 0 aromatic heterocycles. The summed E-state index contributed by atoms with van der Waals surface area (Å²) in [6.45, 7) is 0. The van der Waals surface area contributed by atoms with Crippen molar-refractivity contribution in [1.29, 1.82) is 0 Å². The van der Waals surface area contributed by atoms with E-state index in [1.807, 2.05) is 0 Å². The van der Waals surface area contributed by atoms with Gasteiger partial charge in [0.25, 0.3) is 0 Å². The van der Waals surface area contributed by atoms with Crippen molar-refractivity contribution in [2.24, 2.45) is 0 Å². The second-order valence-corrected chi connectivity index (χ2v) is 47.7. The number of halogens is 4. The van der Waals surface area contributed by atoms with Crippen LogP contribution in [-0.2, 0) is 8.21 Å². The zero-order chi connectivity index (χ0) is 4.50. The number of hydrogen-bond acceptors (Lipinski definition) is 0. The van der Waals surface area contributed by atoms with Crippen LogP contribution in [-0.4, -0.2) is 27.4 Å². The van der Waals surface area contributed by atoms with Gasteiger partial charge in [-0.3, -0.25) is 0 Å². The van der Waals surface area contributed by atoms with E-state index in [1.54, 1.807) is 0 Å². The van der Waals surface area contributed by atoms with Gasteiger partial charge in [-0.1, -0.05) is 0 Å². The molecule has 0 aromatic carbocycles. The molecule has 72 valence electrons. The van der Waals surface area contributed by atoms with Crippen LogP contribution < -0.4 is 0 Å². The zero-order valence-electron chi connectivity index (χ0n) is 4.51. The van der Waals surface area contributed by atoms with Crippen LogP contribution in [0.15, 0.2) is 0 Å². The fourth-order valence-electron chi connectivity index (χ4n) is 0. The Hall–Kier alpha value is 2.43. The van der Waals surface area contributed by atoms with Crippen LogP contribution in [0.5, 0.6) is 0 Å². The van der Waals surface area contributed by atoms with Crippen LogP contribution in [0, 0.1) is 0 Å². The van der Waals surface area contributed by atoms with E-state index in [0.29, 0.717) is 0 Å². The molecular formula is H10Br4O5Ti. The summed E-state index contributed by atoms with van der Waals surface area (Å²) in [5.74, 6) is 0. The predicted octanol–water partition coefficient (Wildman–Crippen LogP) is -0.744. The van der Waals surface area contributed by atoms with Gasteiger partial charge in [0.2, 0.25) is 0 Å². The first-order valence-corrected chi connectivity index (χ1v) is 16.2. The normalized spacial score (nSPS) is 6.00. The molecule has 0 amide bonds. The van der Waals surface area contributed by atoms with Gasteiger partial charge >= 0.3 is 60.9 Å². The van der Waals surface area contributed by atoms with Crippen molar-refractivity contribution in [2.75, 3.05) is 0 Å². The van der Waals surface area contributed by atoms with Gasteiger partial charge in [0.05, 0.1) is 0 Å². The molecule has 10 heteroatoms. The molecule has 0 aromatic rings.